The average Bonchev–Trinajstić information content (AvgIpc) is 3.34. The fourth-order valence-electron chi connectivity index (χ4n) is 15.9. The van der Waals surface area contributed by atoms with Gasteiger partial charge < -0.3 is 99.2 Å². The lowest BCUT2D eigenvalue weighted by atomic mass is 9.33. The number of rotatable bonds is 10. The van der Waals surface area contributed by atoms with Gasteiger partial charge in [-0.05, 0) is 109 Å². The Balaban J connectivity index is 0.991. The molecule has 0 radical (unpaired) electrons. The van der Waals surface area contributed by atoms with Crippen molar-refractivity contribution in [3.63, 3.8) is 0 Å². The monoisotopic (exact) mass is 1060 g/mol. The SMILES string of the molecule is CC1(C)CC[C@]2(C(=O)O[C@@H]3O[C@H](CO)[C@@H](O)[C@H](O)[C@H]3O)CC[C@]3(C)C(=CC[C@@H]4[C@@]5(C)CC[C@H](O[C@@H]6O[C@H](C(=O)O)[C@@H](O)[C@H](O[C@@H]7OC[C@@H](O)[C@@H](O)[C@@H]7O)[C@H]6O[C@@H]6OC[C@@H](O)[C@H](O)[C@H]6O)C(C)(C)[C@@H]5CC[C@]43C)[C@@H]2C1. The van der Waals surface area contributed by atoms with Crippen LogP contribution in [-0.2, 0) is 47.5 Å². The zero-order chi connectivity index (χ0) is 54.0. The average molecular weight is 1060 g/mol. The molecular weight excluding hydrogens is 977 g/mol. The summed E-state index contributed by atoms with van der Waals surface area (Å²) in [5.74, 6) is -2.11. The van der Waals surface area contributed by atoms with E-state index < -0.39 is 159 Å². The van der Waals surface area contributed by atoms with E-state index in [0.717, 1.165) is 32.1 Å². The maximum Gasteiger partial charge on any atom is 0.335 e. The van der Waals surface area contributed by atoms with Gasteiger partial charge in [0.25, 0.3) is 0 Å². The van der Waals surface area contributed by atoms with Crippen LogP contribution < -0.4 is 0 Å². The van der Waals surface area contributed by atoms with Crippen molar-refractivity contribution in [2.24, 2.45) is 50.2 Å². The van der Waals surface area contributed by atoms with Crippen molar-refractivity contribution in [2.75, 3.05) is 19.8 Å². The van der Waals surface area contributed by atoms with Gasteiger partial charge in [-0.15, -0.1) is 0 Å². The molecule has 12 N–H and O–H groups in total. The molecule has 8 fully saturated rings. The van der Waals surface area contributed by atoms with Crippen LogP contribution >= 0.6 is 0 Å². The number of fused-ring (bicyclic) bond motifs is 7. The second-order valence-electron chi connectivity index (χ2n) is 25.4. The summed E-state index contributed by atoms with van der Waals surface area (Å²) in [5, 5.41) is 127. The van der Waals surface area contributed by atoms with E-state index >= 15 is 0 Å². The van der Waals surface area contributed by atoms with Gasteiger partial charge in [-0.25, -0.2) is 4.79 Å². The van der Waals surface area contributed by atoms with Gasteiger partial charge in [0.2, 0.25) is 6.29 Å². The number of esters is 1. The second kappa shape index (κ2) is 20.3. The normalized spacial score (nSPS) is 53.0. The molecule has 4 aliphatic heterocycles. The summed E-state index contributed by atoms with van der Waals surface area (Å²) < 4.78 is 48.0. The summed E-state index contributed by atoms with van der Waals surface area (Å²) in [6, 6.07) is 0. The van der Waals surface area contributed by atoms with Gasteiger partial charge in [-0.1, -0.05) is 60.1 Å². The molecule has 4 heterocycles. The summed E-state index contributed by atoms with van der Waals surface area (Å²) in [4.78, 5) is 27.6. The van der Waals surface area contributed by atoms with Gasteiger partial charge in [-0.3, -0.25) is 4.79 Å². The molecule has 5 aliphatic carbocycles. The molecule has 0 aromatic carbocycles. The molecule has 22 heteroatoms. The largest absolute Gasteiger partial charge is 0.479 e. The molecule has 74 heavy (non-hydrogen) atoms. The number of hydrogen-bond donors (Lipinski definition) is 12. The maximum atomic E-state index is 14.8. The van der Waals surface area contributed by atoms with Crippen molar-refractivity contribution in [1.82, 2.24) is 0 Å². The number of aliphatic hydroxyl groups excluding tert-OH is 11. The Morgan fingerprint density at radius 1 is 0.622 bits per heavy atom. The highest BCUT2D eigenvalue weighted by Crippen LogP contribution is 2.76. The quantitative estimate of drug-likeness (QED) is 0.0734. The van der Waals surface area contributed by atoms with Crippen molar-refractivity contribution >= 4 is 11.9 Å². The molecule has 22 nitrogen and oxygen atoms in total. The zero-order valence-corrected chi connectivity index (χ0v) is 43.4. The Hall–Kier alpha value is -2.04. The fourth-order valence-corrected chi connectivity index (χ4v) is 15.9. The Morgan fingerprint density at radius 2 is 1.22 bits per heavy atom. The summed E-state index contributed by atoms with van der Waals surface area (Å²) in [5.41, 5.74) is -1.30. The molecule has 0 aromatic heterocycles. The number of carboxylic acids is 1. The molecule has 0 amide bonds. The third kappa shape index (κ3) is 9.12. The molecule has 0 bridgehead atoms. The van der Waals surface area contributed by atoms with Gasteiger partial charge in [0.15, 0.2) is 25.0 Å². The number of ether oxygens (including phenoxy) is 8. The first-order chi connectivity index (χ1) is 34.6. The van der Waals surface area contributed by atoms with Gasteiger partial charge >= 0.3 is 11.9 Å². The fraction of sp³-hybridized carbons (Fsp3) is 0.923. The van der Waals surface area contributed by atoms with Crippen LogP contribution in [0.15, 0.2) is 11.6 Å². The smallest absolute Gasteiger partial charge is 0.335 e. The number of carbonyl (C=O) groups excluding carboxylic acids is 1. The molecular formula is C52H82O22. The Morgan fingerprint density at radius 3 is 1.82 bits per heavy atom. The predicted molar refractivity (Wildman–Crippen MR) is 251 cm³/mol. The van der Waals surface area contributed by atoms with Gasteiger partial charge in [0, 0.05) is 0 Å². The molecule has 9 aliphatic rings. The van der Waals surface area contributed by atoms with E-state index in [0.29, 0.717) is 32.1 Å². The first-order valence-electron chi connectivity index (χ1n) is 26.6. The number of aliphatic carboxylic acids is 1. The standard InChI is InChI=1S/C52H82O22/c1-47(2)14-16-52(46(66)74-44-36(62)33(59)32(58)26(19-53)69-44)17-15-50(6)22(23(52)18-47)8-9-28-49(5)12-11-29(48(3,4)27(49)10-13-51(28,50)7)70-45-40(73-43-35(61)31(57)25(55)21-68-43)38(37(63)39(72-45)41(64)65)71-42-34(60)30(56)24(54)20-67-42/h8,23-40,42-45,53-63H,9-21H2,1-7H3,(H,64,65)/t23-,24+,25+,26+,27-,28+,29-,30+,31-,32+,33-,34-,35+,36+,37-,38-,39-,40+,42-,43-,44-,45+,49-,50+,51+,52-/m0/s1. The van der Waals surface area contributed by atoms with Crippen LogP contribution in [0, 0.1) is 50.2 Å². The predicted octanol–water partition coefficient (Wildman–Crippen LogP) is -0.665. The summed E-state index contributed by atoms with van der Waals surface area (Å²) in [7, 11) is 0. The topological polar surface area (TPSA) is 351 Å². The van der Waals surface area contributed by atoms with E-state index in [1.807, 2.05) is 0 Å². The lowest BCUT2D eigenvalue weighted by Crippen LogP contribution is -2.68. The van der Waals surface area contributed by atoms with Crippen molar-refractivity contribution in [3.8, 4) is 0 Å². The minimum atomic E-state index is -2.03. The van der Waals surface area contributed by atoms with E-state index in [4.69, 9.17) is 37.9 Å². The van der Waals surface area contributed by atoms with Crippen LogP contribution in [0.3, 0.4) is 0 Å². The highest BCUT2D eigenvalue weighted by Gasteiger charge is 2.70. The maximum absolute atomic E-state index is 14.8. The molecule has 0 aromatic rings. The summed E-state index contributed by atoms with van der Waals surface area (Å²) >= 11 is 0. The number of carboxylic acid groups (broad SMARTS) is 1. The summed E-state index contributed by atoms with van der Waals surface area (Å²) in [6.07, 6.45) is -22.0. The van der Waals surface area contributed by atoms with E-state index in [1.54, 1.807) is 0 Å². The molecule has 4 saturated heterocycles. The number of hydrogen-bond acceptors (Lipinski definition) is 21. The van der Waals surface area contributed by atoms with Gasteiger partial charge in [0.1, 0.15) is 79.4 Å². The van der Waals surface area contributed by atoms with Gasteiger partial charge in [-0.2, -0.15) is 0 Å². The third-order valence-corrected chi connectivity index (χ3v) is 20.6. The number of carbonyl (C=O) groups is 2. The zero-order valence-electron chi connectivity index (χ0n) is 43.4. The van der Waals surface area contributed by atoms with Crippen LogP contribution in [0.5, 0.6) is 0 Å². The molecule has 4 saturated carbocycles. The number of aliphatic hydroxyl groups is 11. The molecule has 9 rings (SSSR count). The van der Waals surface area contributed by atoms with E-state index in [2.05, 4.69) is 54.5 Å². The Labute approximate surface area is 430 Å². The van der Waals surface area contributed by atoms with Gasteiger partial charge in [0.05, 0.1) is 31.3 Å². The summed E-state index contributed by atoms with van der Waals surface area (Å²) in [6.45, 7) is 14.1. The highest BCUT2D eigenvalue weighted by molar-refractivity contribution is 5.79. The first kappa shape index (κ1) is 56.7. The van der Waals surface area contributed by atoms with Crippen molar-refractivity contribution in [3.05, 3.63) is 11.6 Å². The van der Waals surface area contributed by atoms with Crippen LogP contribution in [0.4, 0.5) is 0 Å². The Kier molecular flexibility index (Phi) is 15.5. The van der Waals surface area contributed by atoms with Crippen LogP contribution in [0.1, 0.15) is 113 Å². The van der Waals surface area contributed by atoms with E-state index in [-0.39, 0.29) is 39.4 Å². The van der Waals surface area contributed by atoms with Crippen LogP contribution in [-0.4, -0.2) is 210 Å². The molecule has 422 valence electrons. The lowest BCUT2D eigenvalue weighted by Gasteiger charge is -2.71. The number of allylic oxidation sites excluding steroid dienone is 2. The molecule has 26 atom stereocenters. The lowest BCUT2D eigenvalue weighted by molar-refractivity contribution is -0.386. The van der Waals surface area contributed by atoms with Crippen LogP contribution in [0.25, 0.3) is 0 Å². The minimum Gasteiger partial charge on any atom is -0.479 e. The van der Waals surface area contributed by atoms with Crippen molar-refractivity contribution in [1.29, 1.82) is 0 Å². The van der Waals surface area contributed by atoms with E-state index in [9.17, 15) is 70.9 Å². The van der Waals surface area contributed by atoms with E-state index in [1.165, 1.54) is 5.57 Å². The van der Waals surface area contributed by atoms with Crippen molar-refractivity contribution in [2.45, 2.75) is 229 Å². The highest BCUT2D eigenvalue weighted by atomic mass is 16.8. The second-order valence-corrected chi connectivity index (χ2v) is 25.4. The Bertz CT molecular complexity index is 2090. The van der Waals surface area contributed by atoms with Crippen LogP contribution in [0.2, 0.25) is 0 Å². The molecule has 0 unspecified atom stereocenters. The third-order valence-electron chi connectivity index (χ3n) is 20.6. The van der Waals surface area contributed by atoms with Crippen molar-refractivity contribution < 1.29 is 109 Å². The molecule has 0 spiro atoms. The first-order valence-corrected chi connectivity index (χ1v) is 26.6. The minimum absolute atomic E-state index is 0.0323.